The van der Waals surface area contributed by atoms with Crippen molar-refractivity contribution in [1.29, 1.82) is 0 Å². The number of hydrogen-bond acceptors (Lipinski definition) is 2. The molecule has 0 aliphatic carbocycles. The zero-order valence-electron chi connectivity index (χ0n) is 8.06. The second-order valence-corrected chi connectivity index (χ2v) is 3.31. The molecular formula is C12H14O2. The van der Waals surface area contributed by atoms with Gasteiger partial charge in [-0.1, -0.05) is 36.4 Å². The van der Waals surface area contributed by atoms with Crippen molar-refractivity contribution in [2.45, 2.75) is 18.8 Å². The van der Waals surface area contributed by atoms with Crippen molar-refractivity contribution in [3.63, 3.8) is 0 Å². The van der Waals surface area contributed by atoms with Crippen molar-refractivity contribution < 1.29 is 9.47 Å². The molecule has 2 heteroatoms. The predicted octanol–water partition coefficient (Wildman–Crippen LogP) is 2.68. The Balaban J connectivity index is 2.08. The van der Waals surface area contributed by atoms with E-state index in [1.807, 2.05) is 36.4 Å². The van der Waals surface area contributed by atoms with Gasteiger partial charge in [0.1, 0.15) is 0 Å². The lowest BCUT2D eigenvalue weighted by atomic mass is 10.2. The zero-order chi connectivity index (χ0) is 9.80. The summed E-state index contributed by atoms with van der Waals surface area (Å²) in [5, 5.41) is 0. The maximum Gasteiger partial charge on any atom is 0.184 e. The van der Waals surface area contributed by atoms with E-state index >= 15 is 0 Å². The van der Waals surface area contributed by atoms with Crippen LogP contribution in [-0.2, 0) is 9.47 Å². The molecule has 1 heterocycles. The van der Waals surface area contributed by atoms with Gasteiger partial charge in [-0.2, -0.15) is 0 Å². The SMILES string of the molecule is C=CC1CCOC(c2ccccc2)O1. The van der Waals surface area contributed by atoms with Crippen LogP contribution in [0.2, 0.25) is 0 Å². The van der Waals surface area contributed by atoms with Gasteiger partial charge in [0.05, 0.1) is 12.7 Å². The Bertz CT molecular complexity index is 294. The summed E-state index contributed by atoms with van der Waals surface area (Å²) in [6.07, 6.45) is 2.62. The summed E-state index contributed by atoms with van der Waals surface area (Å²) >= 11 is 0. The van der Waals surface area contributed by atoms with Crippen LogP contribution >= 0.6 is 0 Å². The third-order valence-corrected chi connectivity index (χ3v) is 2.30. The van der Waals surface area contributed by atoms with E-state index in [0.29, 0.717) is 0 Å². The molecule has 1 saturated heterocycles. The van der Waals surface area contributed by atoms with E-state index in [4.69, 9.17) is 9.47 Å². The largest absolute Gasteiger partial charge is 0.348 e. The van der Waals surface area contributed by atoms with Gasteiger partial charge in [-0.05, 0) is 0 Å². The van der Waals surface area contributed by atoms with Crippen molar-refractivity contribution in [3.8, 4) is 0 Å². The number of ether oxygens (including phenoxy) is 2. The van der Waals surface area contributed by atoms with E-state index in [1.54, 1.807) is 0 Å². The van der Waals surface area contributed by atoms with Gasteiger partial charge in [0.2, 0.25) is 0 Å². The highest BCUT2D eigenvalue weighted by Gasteiger charge is 2.21. The lowest BCUT2D eigenvalue weighted by Crippen LogP contribution is -2.25. The van der Waals surface area contributed by atoms with Crippen LogP contribution in [0.25, 0.3) is 0 Å². The summed E-state index contributed by atoms with van der Waals surface area (Å²) in [5.74, 6) is 0. The second kappa shape index (κ2) is 4.40. The normalized spacial score (nSPS) is 27.1. The Hall–Kier alpha value is -1.12. The summed E-state index contributed by atoms with van der Waals surface area (Å²) in [6.45, 7) is 4.46. The third-order valence-electron chi connectivity index (χ3n) is 2.30. The van der Waals surface area contributed by atoms with Crippen LogP contribution in [0.4, 0.5) is 0 Å². The van der Waals surface area contributed by atoms with Crippen molar-refractivity contribution in [2.75, 3.05) is 6.61 Å². The van der Waals surface area contributed by atoms with Crippen molar-refractivity contribution in [1.82, 2.24) is 0 Å². The molecule has 0 saturated carbocycles. The van der Waals surface area contributed by atoms with E-state index in [0.717, 1.165) is 18.6 Å². The molecule has 0 aromatic heterocycles. The van der Waals surface area contributed by atoms with Crippen LogP contribution in [0.5, 0.6) is 0 Å². The first-order chi connectivity index (χ1) is 6.90. The molecular weight excluding hydrogens is 176 g/mol. The van der Waals surface area contributed by atoms with Crippen LogP contribution < -0.4 is 0 Å². The molecule has 0 bridgehead atoms. The molecule has 2 rings (SSSR count). The predicted molar refractivity (Wildman–Crippen MR) is 54.8 cm³/mol. The quantitative estimate of drug-likeness (QED) is 0.667. The van der Waals surface area contributed by atoms with Crippen molar-refractivity contribution in [2.24, 2.45) is 0 Å². The monoisotopic (exact) mass is 190 g/mol. The number of rotatable bonds is 2. The molecule has 14 heavy (non-hydrogen) atoms. The van der Waals surface area contributed by atoms with Gasteiger partial charge in [0.25, 0.3) is 0 Å². The first kappa shape index (κ1) is 9.44. The summed E-state index contributed by atoms with van der Waals surface area (Å²) in [4.78, 5) is 0. The van der Waals surface area contributed by atoms with E-state index in [1.165, 1.54) is 0 Å². The van der Waals surface area contributed by atoms with Crippen molar-refractivity contribution in [3.05, 3.63) is 48.6 Å². The van der Waals surface area contributed by atoms with Gasteiger partial charge in [-0.3, -0.25) is 0 Å². The number of hydrogen-bond donors (Lipinski definition) is 0. The lowest BCUT2D eigenvalue weighted by Gasteiger charge is -2.28. The second-order valence-electron chi connectivity index (χ2n) is 3.31. The van der Waals surface area contributed by atoms with E-state index in [9.17, 15) is 0 Å². The highest BCUT2D eigenvalue weighted by molar-refractivity contribution is 5.16. The van der Waals surface area contributed by atoms with Crippen LogP contribution in [0.15, 0.2) is 43.0 Å². The molecule has 2 atom stereocenters. The van der Waals surface area contributed by atoms with E-state index in [-0.39, 0.29) is 12.4 Å². The van der Waals surface area contributed by atoms with Crippen molar-refractivity contribution >= 4 is 0 Å². The highest BCUT2D eigenvalue weighted by Crippen LogP contribution is 2.26. The number of benzene rings is 1. The highest BCUT2D eigenvalue weighted by atomic mass is 16.7. The summed E-state index contributed by atoms with van der Waals surface area (Å²) in [7, 11) is 0. The smallest absolute Gasteiger partial charge is 0.184 e. The maximum atomic E-state index is 5.68. The molecule has 0 radical (unpaired) electrons. The van der Waals surface area contributed by atoms with Crippen LogP contribution in [0.1, 0.15) is 18.3 Å². The summed E-state index contributed by atoms with van der Waals surface area (Å²) < 4.78 is 11.2. The van der Waals surface area contributed by atoms with Crippen LogP contribution in [0.3, 0.4) is 0 Å². The van der Waals surface area contributed by atoms with E-state index < -0.39 is 0 Å². The molecule has 0 amide bonds. The zero-order valence-corrected chi connectivity index (χ0v) is 8.06. The fraction of sp³-hybridized carbons (Fsp3) is 0.333. The minimum absolute atomic E-state index is 0.119. The first-order valence-electron chi connectivity index (χ1n) is 4.84. The average molecular weight is 190 g/mol. The topological polar surface area (TPSA) is 18.5 Å². The molecule has 1 aliphatic heterocycles. The van der Waals surface area contributed by atoms with Crippen LogP contribution in [-0.4, -0.2) is 12.7 Å². The summed E-state index contributed by atoms with van der Waals surface area (Å²) in [5.41, 5.74) is 1.07. The standard InChI is InChI=1S/C12H14O2/c1-2-11-8-9-13-12(14-11)10-6-4-3-5-7-10/h2-7,11-12H,1,8-9H2. The summed E-state index contributed by atoms with van der Waals surface area (Å²) in [6, 6.07) is 9.97. The molecule has 2 nitrogen and oxygen atoms in total. The molecule has 1 aromatic carbocycles. The minimum atomic E-state index is -0.229. The van der Waals surface area contributed by atoms with E-state index in [2.05, 4.69) is 6.58 Å². The first-order valence-corrected chi connectivity index (χ1v) is 4.84. The van der Waals surface area contributed by atoms with Gasteiger partial charge >= 0.3 is 0 Å². The van der Waals surface area contributed by atoms with Crippen LogP contribution in [0, 0.1) is 0 Å². The molecule has 0 N–H and O–H groups in total. The third kappa shape index (κ3) is 2.03. The molecule has 0 spiro atoms. The molecule has 74 valence electrons. The van der Waals surface area contributed by atoms with Gasteiger partial charge in [0.15, 0.2) is 6.29 Å². The molecule has 1 aromatic rings. The average Bonchev–Trinajstić information content (AvgIpc) is 2.30. The Morgan fingerprint density at radius 3 is 2.79 bits per heavy atom. The molecule has 1 fully saturated rings. The molecule has 1 aliphatic rings. The Morgan fingerprint density at radius 1 is 1.29 bits per heavy atom. The molecule has 2 unspecified atom stereocenters. The minimum Gasteiger partial charge on any atom is -0.348 e. The van der Waals surface area contributed by atoms with Gasteiger partial charge in [0, 0.05) is 12.0 Å². The fourth-order valence-corrected chi connectivity index (χ4v) is 1.52. The Morgan fingerprint density at radius 2 is 2.07 bits per heavy atom. The maximum absolute atomic E-state index is 5.68. The van der Waals surface area contributed by atoms with Gasteiger partial charge < -0.3 is 9.47 Å². The lowest BCUT2D eigenvalue weighted by molar-refractivity contribution is -0.204. The van der Waals surface area contributed by atoms with Gasteiger partial charge in [-0.15, -0.1) is 6.58 Å². The fourth-order valence-electron chi connectivity index (χ4n) is 1.52. The van der Waals surface area contributed by atoms with Gasteiger partial charge in [-0.25, -0.2) is 0 Å². The Labute approximate surface area is 84.2 Å². The Kier molecular flexibility index (Phi) is 2.96.